The summed E-state index contributed by atoms with van der Waals surface area (Å²) in [5, 5.41) is 11.4. The predicted molar refractivity (Wildman–Crippen MR) is 171 cm³/mol. The second-order valence-corrected chi connectivity index (χ2v) is 11.4. The summed E-state index contributed by atoms with van der Waals surface area (Å²) in [5.74, 6) is -0.0617. The topological polar surface area (TPSA) is 127 Å². The number of benzene rings is 3. The highest BCUT2D eigenvalue weighted by Crippen LogP contribution is 2.44. The minimum absolute atomic E-state index is 0.116. The van der Waals surface area contributed by atoms with Gasteiger partial charge in [0.1, 0.15) is 29.7 Å². The smallest absolute Gasteiger partial charge is 0.407 e. The van der Waals surface area contributed by atoms with Gasteiger partial charge in [-0.15, -0.1) is 0 Å². The van der Waals surface area contributed by atoms with Crippen LogP contribution < -0.4 is 26.0 Å². The van der Waals surface area contributed by atoms with Crippen molar-refractivity contribution in [3.8, 4) is 16.9 Å². The van der Waals surface area contributed by atoms with Crippen molar-refractivity contribution in [1.29, 1.82) is 0 Å². The lowest BCUT2D eigenvalue weighted by atomic mass is 9.98. The van der Waals surface area contributed by atoms with Crippen LogP contribution >= 0.6 is 0 Å². The third kappa shape index (κ3) is 8.21. The number of para-hydroxylation sites is 1. The molecule has 234 valence electrons. The van der Waals surface area contributed by atoms with Crippen LogP contribution in [-0.4, -0.2) is 56.5 Å². The quantitative estimate of drug-likeness (QED) is 0.180. The first-order chi connectivity index (χ1) is 21.1. The highest BCUT2D eigenvalue weighted by Gasteiger charge is 2.30. The Labute approximate surface area is 258 Å². The molecule has 10 nitrogen and oxygen atoms in total. The van der Waals surface area contributed by atoms with E-state index in [0.717, 1.165) is 22.3 Å². The van der Waals surface area contributed by atoms with Crippen LogP contribution in [0, 0.1) is 0 Å². The molecule has 44 heavy (non-hydrogen) atoms. The molecular weight excluding hydrogens is 560 g/mol. The second kappa shape index (κ2) is 14.6. The lowest BCUT2D eigenvalue weighted by molar-refractivity contribution is -0.118. The molecule has 0 radical (unpaired) electrons. The molecular formula is C34H42N4O6. The van der Waals surface area contributed by atoms with Gasteiger partial charge in [0.15, 0.2) is 0 Å². The number of ether oxygens (including phenoxy) is 3. The lowest BCUT2D eigenvalue weighted by Crippen LogP contribution is -2.45. The molecule has 1 atom stereocenters. The van der Waals surface area contributed by atoms with E-state index >= 15 is 0 Å². The fourth-order valence-corrected chi connectivity index (χ4v) is 5.22. The Hall–Kier alpha value is -4.73. The minimum atomic E-state index is -0.953. The van der Waals surface area contributed by atoms with Crippen molar-refractivity contribution in [3.05, 3.63) is 77.9 Å². The highest BCUT2D eigenvalue weighted by molar-refractivity contribution is 6.00. The van der Waals surface area contributed by atoms with E-state index < -0.39 is 29.7 Å². The number of rotatable bonds is 12. The monoisotopic (exact) mass is 602 g/mol. The molecule has 1 aliphatic carbocycles. The number of anilines is 2. The molecule has 0 unspecified atom stereocenters. The van der Waals surface area contributed by atoms with Crippen LogP contribution in [0.5, 0.6) is 5.75 Å². The van der Waals surface area contributed by atoms with Gasteiger partial charge >= 0.3 is 12.2 Å². The van der Waals surface area contributed by atoms with Gasteiger partial charge in [-0.3, -0.25) is 4.79 Å². The van der Waals surface area contributed by atoms with Crippen molar-refractivity contribution < 1.29 is 28.6 Å². The maximum Gasteiger partial charge on any atom is 0.407 e. The Kier molecular flexibility index (Phi) is 10.7. The van der Waals surface area contributed by atoms with E-state index in [1.54, 1.807) is 33.9 Å². The number of carbonyl (C=O) groups is 3. The van der Waals surface area contributed by atoms with Crippen LogP contribution in [0.3, 0.4) is 0 Å². The SMILES string of the molecule is CCOc1cccc(NC)c1NC(=O)[C@H](CCCNC(=O)OC(C)(C)C)NC(=O)OCC1c2ccccc2-c2ccccc21. The van der Waals surface area contributed by atoms with E-state index in [9.17, 15) is 14.4 Å². The number of hydrogen-bond donors (Lipinski definition) is 4. The number of hydrogen-bond acceptors (Lipinski definition) is 7. The van der Waals surface area contributed by atoms with Crippen LogP contribution in [0.4, 0.5) is 21.0 Å². The number of nitrogens with one attached hydrogen (secondary N) is 4. The van der Waals surface area contributed by atoms with Gasteiger partial charge in [0.2, 0.25) is 5.91 Å². The third-order valence-electron chi connectivity index (χ3n) is 7.13. The molecule has 0 aliphatic heterocycles. The second-order valence-electron chi connectivity index (χ2n) is 11.4. The van der Waals surface area contributed by atoms with Gasteiger partial charge < -0.3 is 35.5 Å². The van der Waals surface area contributed by atoms with Crippen LogP contribution in [0.2, 0.25) is 0 Å². The summed E-state index contributed by atoms with van der Waals surface area (Å²) in [6, 6.07) is 20.6. The Balaban J connectivity index is 1.45. The van der Waals surface area contributed by atoms with Crippen LogP contribution in [0.15, 0.2) is 66.7 Å². The van der Waals surface area contributed by atoms with Crippen LogP contribution in [0.1, 0.15) is 57.6 Å². The average molecular weight is 603 g/mol. The van der Waals surface area contributed by atoms with Gasteiger partial charge in [-0.05, 0) is 74.9 Å². The maximum absolute atomic E-state index is 13.6. The molecule has 3 aromatic carbocycles. The van der Waals surface area contributed by atoms with Gasteiger partial charge in [0, 0.05) is 19.5 Å². The summed E-state index contributed by atoms with van der Waals surface area (Å²) in [7, 11) is 1.75. The Morgan fingerprint density at radius 1 is 0.886 bits per heavy atom. The van der Waals surface area contributed by atoms with Crippen molar-refractivity contribution in [2.45, 2.75) is 58.1 Å². The molecule has 4 rings (SSSR count). The first-order valence-electron chi connectivity index (χ1n) is 14.9. The predicted octanol–water partition coefficient (Wildman–Crippen LogP) is 6.28. The molecule has 4 N–H and O–H groups in total. The summed E-state index contributed by atoms with van der Waals surface area (Å²) in [4.78, 5) is 38.8. The summed E-state index contributed by atoms with van der Waals surface area (Å²) in [5.41, 5.74) is 4.94. The zero-order valence-electron chi connectivity index (χ0n) is 26.0. The first kappa shape index (κ1) is 32.2. The molecule has 0 heterocycles. The molecule has 0 aromatic heterocycles. The average Bonchev–Trinajstić information content (AvgIpc) is 3.31. The molecule has 0 fully saturated rings. The van der Waals surface area contributed by atoms with Gasteiger partial charge in [-0.2, -0.15) is 0 Å². The van der Waals surface area contributed by atoms with Crippen molar-refractivity contribution in [3.63, 3.8) is 0 Å². The summed E-state index contributed by atoms with van der Waals surface area (Å²) < 4.78 is 16.7. The molecule has 0 saturated heterocycles. The molecule has 0 bridgehead atoms. The Morgan fingerprint density at radius 2 is 1.55 bits per heavy atom. The number of amides is 3. The molecule has 3 aromatic rings. The van der Waals surface area contributed by atoms with E-state index in [-0.39, 0.29) is 25.5 Å². The fraction of sp³-hybridized carbons (Fsp3) is 0.382. The lowest BCUT2D eigenvalue weighted by Gasteiger charge is -2.22. The molecule has 0 saturated carbocycles. The minimum Gasteiger partial charge on any atom is -0.492 e. The van der Waals surface area contributed by atoms with Gasteiger partial charge in [-0.1, -0.05) is 54.6 Å². The zero-order chi connectivity index (χ0) is 31.7. The summed E-state index contributed by atoms with van der Waals surface area (Å²) >= 11 is 0. The standard InChI is InChI=1S/C34H42N4O6/c1-6-42-29-19-11-17-27(35-5)30(29)38-31(39)28(18-12-20-36-32(40)44-34(2,3)4)37-33(41)43-21-26-24-15-9-7-13-22(24)23-14-8-10-16-25(23)26/h7-11,13-17,19,26,28,35H,6,12,18,20-21H2,1-5H3,(H,36,40)(H,37,41)(H,38,39)/t28-/m0/s1. The zero-order valence-corrected chi connectivity index (χ0v) is 26.0. The summed E-state index contributed by atoms with van der Waals surface area (Å²) in [6.45, 7) is 7.98. The maximum atomic E-state index is 13.6. The summed E-state index contributed by atoms with van der Waals surface area (Å²) in [6.07, 6.45) is -0.629. The van der Waals surface area contributed by atoms with E-state index in [1.807, 2.05) is 55.5 Å². The van der Waals surface area contributed by atoms with E-state index in [1.165, 1.54) is 0 Å². The molecule has 0 spiro atoms. The molecule has 3 amide bonds. The Morgan fingerprint density at radius 3 is 2.16 bits per heavy atom. The molecule has 10 heteroatoms. The Bertz CT molecular complexity index is 1420. The fourth-order valence-electron chi connectivity index (χ4n) is 5.22. The molecule has 1 aliphatic rings. The van der Waals surface area contributed by atoms with E-state index in [4.69, 9.17) is 14.2 Å². The van der Waals surface area contributed by atoms with Crippen LogP contribution in [0.25, 0.3) is 11.1 Å². The van der Waals surface area contributed by atoms with Gasteiger partial charge in [0.05, 0.1) is 12.3 Å². The van der Waals surface area contributed by atoms with Gasteiger partial charge in [0.25, 0.3) is 0 Å². The van der Waals surface area contributed by atoms with E-state index in [2.05, 4.69) is 33.4 Å². The van der Waals surface area contributed by atoms with Gasteiger partial charge in [-0.25, -0.2) is 9.59 Å². The van der Waals surface area contributed by atoms with Crippen molar-refractivity contribution in [2.24, 2.45) is 0 Å². The number of carbonyl (C=O) groups excluding carboxylic acids is 3. The number of fused-ring (bicyclic) bond motifs is 3. The third-order valence-corrected chi connectivity index (χ3v) is 7.13. The van der Waals surface area contributed by atoms with Crippen molar-refractivity contribution in [2.75, 3.05) is 37.4 Å². The first-order valence-corrected chi connectivity index (χ1v) is 14.9. The largest absolute Gasteiger partial charge is 0.492 e. The van der Waals surface area contributed by atoms with Crippen molar-refractivity contribution in [1.82, 2.24) is 10.6 Å². The highest BCUT2D eigenvalue weighted by atomic mass is 16.6. The van der Waals surface area contributed by atoms with Crippen LogP contribution in [-0.2, 0) is 14.3 Å². The van der Waals surface area contributed by atoms with E-state index in [0.29, 0.717) is 30.2 Å². The van der Waals surface area contributed by atoms with Crippen molar-refractivity contribution >= 4 is 29.5 Å². The number of alkyl carbamates (subject to hydrolysis) is 2. The normalized spacial score (nSPS) is 12.8.